The van der Waals surface area contributed by atoms with Gasteiger partial charge in [0.15, 0.2) is 5.78 Å². The van der Waals surface area contributed by atoms with Gasteiger partial charge in [0.25, 0.3) is 8.32 Å². The molecule has 4 aromatic rings. The molecular weight excluding hydrogens is 561 g/mol. The standard InChI is InChI=1S/C30H28INO2Si/c1-30(2,3)35(23-10-6-4-7-11-23,24-12-8-5-9-13-24)34-20-21-14-15-25-22(18-21)19-32-27-17-16-26(31)29(33)28(25)27/h4-19,26H,20H2,1-3H3. The number of ketones is 1. The second-order valence-electron chi connectivity index (χ2n) is 10.0. The van der Waals surface area contributed by atoms with Gasteiger partial charge in [-0.25, -0.2) is 0 Å². The minimum absolute atomic E-state index is 0.0821. The molecule has 0 N–H and O–H groups in total. The van der Waals surface area contributed by atoms with E-state index >= 15 is 0 Å². The lowest BCUT2D eigenvalue weighted by molar-refractivity contribution is 0.100. The number of carbonyl (C=O) groups is 1. The molecule has 0 spiro atoms. The van der Waals surface area contributed by atoms with Crippen molar-refractivity contribution in [2.24, 2.45) is 0 Å². The molecule has 1 heterocycles. The highest BCUT2D eigenvalue weighted by atomic mass is 127. The number of aromatic nitrogens is 1. The van der Waals surface area contributed by atoms with Crippen LogP contribution in [0.5, 0.6) is 0 Å². The zero-order chi connectivity index (χ0) is 24.6. The summed E-state index contributed by atoms with van der Waals surface area (Å²) < 4.78 is 6.94. The minimum atomic E-state index is -2.62. The van der Waals surface area contributed by atoms with E-state index < -0.39 is 8.32 Å². The summed E-state index contributed by atoms with van der Waals surface area (Å²) in [7, 11) is -2.62. The predicted octanol–water partition coefficient (Wildman–Crippen LogP) is 6.32. The third-order valence-corrected chi connectivity index (χ3v) is 12.7. The van der Waals surface area contributed by atoms with E-state index in [1.54, 1.807) is 0 Å². The van der Waals surface area contributed by atoms with Crippen LogP contribution in [0.25, 0.3) is 16.8 Å². The Morgan fingerprint density at radius 1 is 0.943 bits per heavy atom. The topological polar surface area (TPSA) is 39.2 Å². The number of carbonyl (C=O) groups excluding carboxylic acids is 1. The summed E-state index contributed by atoms with van der Waals surface area (Å²) in [5.74, 6) is 0.123. The molecule has 5 heteroatoms. The van der Waals surface area contributed by atoms with Crippen molar-refractivity contribution in [1.82, 2.24) is 4.98 Å². The average Bonchev–Trinajstić information content (AvgIpc) is 2.86. The van der Waals surface area contributed by atoms with Crippen LogP contribution in [0.2, 0.25) is 5.04 Å². The molecule has 5 rings (SSSR count). The van der Waals surface area contributed by atoms with Crippen LogP contribution in [0.3, 0.4) is 0 Å². The zero-order valence-corrected chi connectivity index (χ0v) is 23.3. The molecule has 1 aromatic heterocycles. The summed E-state index contributed by atoms with van der Waals surface area (Å²) in [5.41, 5.74) is 2.56. The predicted molar refractivity (Wildman–Crippen MR) is 155 cm³/mol. The SMILES string of the molecule is CC(C)(C)[Si](OCc1ccc2c3c(ncc2c1)C=CC(I)C3=O)(c1ccccc1)c1ccccc1. The first-order chi connectivity index (χ1) is 16.8. The fraction of sp³-hybridized carbons (Fsp3) is 0.200. The van der Waals surface area contributed by atoms with Crippen molar-refractivity contribution in [3.8, 4) is 0 Å². The maximum Gasteiger partial charge on any atom is 0.261 e. The van der Waals surface area contributed by atoms with Crippen LogP contribution in [0, 0.1) is 0 Å². The summed E-state index contributed by atoms with van der Waals surface area (Å²) >= 11 is 2.18. The van der Waals surface area contributed by atoms with Gasteiger partial charge in [-0.2, -0.15) is 0 Å². The maximum atomic E-state index is 12.9. The summed E-state index contributed by atoms with van der Waals surface area (Å²) in [5, 5.41) is 4.38. The van der Waals surface area contributed by atoms with Gasteiger partial charge in [0, 0.05) is 11.6 Å². The number of allylic oxidation sites excluding steroid dienone is 1. The highest BCUT2D eigenvalue weighted by Gasteiger charge is 2.50. The second kappa shape index (κ2) is 9.45. The number of benzene rings is 3. The Kier molecular flexibility index (Phi) is 6.50. The first-order valence-corrected chi connectivity index (χ1v) is 15.0. The van der Waals surface area contributed by atoms with Crippen LogP contribution in [0.15, 0.2) is 91.1 Å². The number of hydrogen-bond donors (Lipinski definition) is 0. The van der Waals surface area contributed by atoms with Crippen molar-refractivity contribution < 1.29 is 9.22 Å². The van der Waals surface area contributed by atoms with Crippen molar-refractivity contribution in [2.75, 3.05) is 0 Å². The molecule has 0 fully saturated rings. The van der Waals surface area contributed by atoms with E-state index in [1.807, 2.05) is 18.3 Å². The second-order valence-corrected chi connectivity index (χ2v) is 15.7. The van der Waals surface area contributed by atoms with Gasteiger partial charge in [-0.05, 0) is 38.5 Å². The number of pyridine rings is 1. The van der Waals surface area contributed by atoms with Gasteiger partial charge in [-0.3, -0.25) is 9.78 Å². The highest BCUT2D eigenvalue weighted by molar-refractivity contribution is 14.1. The Hall–Kier alpha value is -2.61. The quantitative estimate of drug-likeness (QED) is 0.155. The summed E-state index contributed by atoms with van der Waals surface area (Å²) in [4.78, 5) is 17.5. The monoisotopic (exact) mass is 589 g/mol. The molecular formula is C30H28INO2Si. The average molecular weight is 590 g/mol. The number of alkyl halides is 1. The third kappa shape index (κ3) is 4.30. The first-order valence-electron chi connectivity index (χ1n) is 11.8. The summed E-state index contributed by atoms with van der Waals surface area (Å²) in [6, 6.07) is 27.6. The normalized spacial score (nSPS) is 15.9. The molecule has 0 radical (unpaired) electrons. The molecule has 1 unspecified atom stereocenters. The van der Waals surface area contributed by atoms with Crippen molar-refractivity contribution in [3.63, 3.8) is 0 Å². The summed E-state index contributed by atoms with van der Waals surface area (Å²) in [6.45, 7) is 7.35. The number of fused-ring (bicyclic) bond motifs is 3. The number of halogens is 1. The molecule has 1 atom stereocenters. The Balaban J connectivity index is 1.56. The molecule has 1 aliphatic rings. The van der Waals surface area contributed by atoms with Crippen molar-refractivity contribution in [1.29, 1.82) is 0 Å². The van der Waals surface area contributed by atoms with E-state index in [4.69, 9.17) is 4.43 Å². The maximum absolute atomic E-state index is 12.9. The number of Topliss-reactive ketones (excluding diaryl/α,β-unsaturated/α-hetero) is 1. The number of hydrogen-bond acceptors (Lipinski definition) is 3. The first kappa shape index (κ1) is 24.1. The van der Waals surface area contributed by atoms with Crippen molar-refractivity contribution in [3.05, 3.63) is 108 Å². The molecule has 176 valence electrons. The third-order valence-electron chi connectivity index (χ3n) is 6.78. The molecule has 0 saturated heterocycles. The van der Waals surface area contributed by atoms with Gasteiger partial charge in [0.1, 0.15) is 0 Å². The molecule has 1 aliphatic carbocycles. The Morgan fingerprint density at radius 2 is 1.57 bits per heavy atom. The molecule has 3 nitrogen and oxygen atoms in total. The molecule has 0 amide bonds. The fourth-order valence-corrected chi connectivity index (χ4v) is 10.2. The van der Waals surface area contributed by atoms with Gasteiger partial charge in [-0.15, -0.1) is 0 Å². The molecule has 0 saturated carbocycles. The molecule has 0 bridgehead atoms. The van der Waals surface area contributed by atoms with E-state index in [-0.39, 0.29) is 14.7 Å². The van der Waals surface area contributed by atoms with Gasteiger partial charge < -0.3 is 4.43 Å². The minimum Gasteiger partial charge on any atom is -0.403 e. The van der Waals surface area contributed by atoms with E-state index in [0.29, 0.717) is 6.61 Å². The van der Waals surface area contributed by atoms with Crippen LogP contribution in [0.1, 0.15) is 42.4 Å². The Bertz CT molecular complexity index is 1370. The van der Waals surface area contributed by atoms with Gasteiger partial charge >= 0.3 is 0 Å². The van der Waals surface area contributed by atoms with Crippen LogP contribution in [-0.2, 0) is 11.0 Å². The lowest BCUT2D eigenvalue weighted by Gasteiger charge is -2.43. The highest BCUT2D eigenvalue weighted by Crippen LogP contribution is 2.37. The van der Waals surface area contributed by atoms with Gasteiger partial charge in [0.05, 0.1) is 21.8 Å². The van der Waals surface area contributed by atoms with Crippen LogP contribution in [-0.4, -0.2) is 23.0 Å². The molecule has 3 aromatic carbocycles. The van der Waals surface area contributed by atoms with Gasteiger partial charge in [0.2, 0.25) is 0 Å². The van der Waals surface area contributed by atoms with Crippen molar-refractivity contribution in [2.45, 2.75) is 36.3 Å². The lowest BCUT2D eigenvalue weighted by atomic mass is 9.94. The Labute approximate surface area is 221 Å². The summed E-state index contributed by atoms with van der Waals surface area (Å²) in [6.07, 6.45) is 5.73. The Morgan fingerprint density at radius 3 is 2.17 bits per heavy atom. The largest absolute Gasteiger partial charge is 0.403 e. The van der Waals surface area contributed by atoms with E-state index in [0.717, 1.165) is 27.6 Å². The smallest absolute Gasteiger partial charge is 0.261 e. The number of nitrogens with zero attached hydrogens (tertiary/aromatic N) is 1. The van der Waals surface area contributed by atoms with Crippen LogP contribution >= 0.6 is 22.6 Å². The van der Waals surface area contributed by atoms with Crippen molar-refractivity contribution >= 4 is 63.9 Å². The van der Waals surface area contributed by atoms with Crippen LogP contribution < -0.4 is 10.4 Å². The fourth-order valence-electron chi connectivity index (χ4n) is 5.12. The van der Waals surface area contributed by atoms with Crippen LogP contribution in [0.4, 0.5) is 0 Å². The molecule has 35 heavy (non-hydrogen) atoms. The van der Waals surface area contributed by atoms with E-state index in [2.05, 4.69) is 127 Å². The molecule has 0 aliphatic heterocycles. The van der Waals surface area contributed by atoms with E-state index in [9.17, 15) is 4.79 Å². The van der Waals surface area contributed by atoms with E-state index in [1.165, 1.54) is 10.4 Å². The lowest BCUT2D eigenvalue weighted by Crippen LogP contribution is -2.66. The number of rotatable bonds is 5. The zero-order valence-electron chi connectivity index (χ0n) is 20.2. The van der Waals surface area contributed by atoms with Gasteiger partial charge in [-0.1, -0.05) is 122 Å².